The molecule has 180 valence electrons. The highest BCUT2D eigenvalue weighted by Crippen LogP contribution is 2.64. The van der Waals surface area contributed by atoms with Crippen LogP contribution in [0.3, 0.4) is 0 Å². The Bertz CT molecular complexity index is 1600. The van der Waals surface area contributed by atoms with Crippen molar-refractivity contribution >= 4 is 52.6 Å². The maximum atomic E-state index is 14.4. The molecule has 0 saturated carbocycles. The van der Waals surface area contributed by atoms with Gasteiger partial charge in [-0.2, -0.15) is 0 Å². The van der Waals surface area contributed by atoms with E-state index in [1.165, 1.54) is 4.90 Å². The van der Waals surface area contributed by atoms with Crippen molar-refractivity contribution < 1.29 is 9.59 Å². The van der Waals surface area contributed by atoms with Crippen LogP contribution >= 0.6 is 23.2 Å². The molecule has 2 bridgehead atoms. The summed E-state index contributed by atoms with van der Waals surface area (Å²) in [6, 6.07) is 30.6. The van der Waals surface area contributed by atoms with Crippen molar-refractivity contribution in [3.8, 4) is 0 Å². The second-order valence-electron chi connectivity index (χ2n) is 9.70. The molecule has 3 aliphatic carbocycles. The van der Waals surface area contributed by atoms with Gasteiger partial charge >= 0.3 is 0 Å². The van der Waals surface area contributed by atoms with Crippen molar-refractivity contribution in [1.29, 1.82) is 0 Å². The van der Waals surface area contributed by atoms with E-state index in [1.54, 1.807) is 30.3 Å². The van der Waals surface area contributed by atoms with Gasteiger partial charge in [0.05, 0.1) is 38.7 Å². The van der Waals surface area contributed by atoms with Crippen molar-refractivity contribution in [3.63, 3.8) is 0 Å². The molecule has 1 saturated heterocycles. The molecule has 1 aliphatic heterocycles. The Morgan fingerprint density at radius 3 is 1.92 bits per heavy atom. The van der Waals surface area contributed by atoms with Crippen LogP contribution in [0.15, 0.2) is 102 Å². The SMILES string of the molecule is O=C1[C@@H]2[C@@H](C(=O)N1c1ccccc1Cl)C1c3ccccc3C2(C=Nc2ccccc2Cl)c2ccccc21. The van der Waals surface area contributed by atoms with Crippen molar-refractivity contribution in [2.45, 2.75) is 11.3 Å². The summed E-state index contributed by atoms with van der Waals surface area (Å²) in [7, 11) is 0. The first-order valence-electron chi connectivity index (χ1n) is 12.1. The number of imide groups is 1. The van der Waals surface area contributed by atoms with Crippen LogP contribution in [-0.4, -0.2) is 18.0 Å². The lowest BCUT2D eigenvalue weighted by molar-refractivity contribution is -0.122. The number of rotatable bonds is 3. The first-order valence-corrected chi connectivity index (χ1v) is 12.9. The zero-order chi connectivity index (χ0) is 25.3. The predicted molar refractivity (Wildman–Crippen MR) is 146 cm³/mol. The molecule has 0 N–H and O–H groups in total. The minimum absolute atomic E-state index is 0.229. The Labute approximate surface area is 224 Å². The molecule has 1 fully saturated rings. The average molecular weight is 523 g/mol. The topological polar surface area (TPSA) is 49.7 Å². The lowest BCUT2D eigenvalue weighted by Gasteiger charge is -2.52. The highest BCUT2D eigenvalue weighted by Gasteiger charge is 2.68. The van der Waals surface area contributed by atoms with Crippen molar-refractivity contribution in [1.82, 2.24) is 0 Å². The maximum Gasteiger partial charge on any atom is 0.239 e. The van der Waals surface area contributed by atoms with Gasteiger partial charge in [-0.1, -0.05) is 96.0 Å². The molecule has 0 unspecified atom stereocenters. The van der Waals surface area contributed by atoms with Crippen LogP contribution < -0.4 is 4.90 Å². The molecule has 4 aromatic rings. The maximum absolute atomic E-state index is 14.4. The summed E-state index contributed by atoms with van der Waals surface area (Å²) in [4.78, 5) is 34.7. The van der Waals surface area contributed by atoms with Gasteiger partial charge in [0, 0.05) is 12.1 Å². The number of amides is 2. The molecular weight excluding hydrogens is 503 g/mol. The van der Waals surface area contributed by atoms with Gasteiger partial charge in [0.2, 0.25) is 11.8 Å². The van der Waals surface area contributed by atoms with Crippen LogP contribution in [0.2, 0.25) is 10.0 Å². The van der Waals surface area contributed by atoms with Crippen molar-refractivity contribution in [2.75, 3.05) is 4.90 Å². The molecule has 37 heavy (non-hydrogen) atoms. The van der Waals surface area contributed by atoms with E-state index in [2.05, 4.69) is 24.3 Å². The quantitative estimate of drug-likeness (QED) is 0.216. The van der Waals surface area contributed by atoms with E-state index >= 15 is 0 Å². The number of halogens is 2. The van der Waals surface area contributed by atoms with E-state index in [0.29, 0.717) is 21.4 Å². The lowest BCUT2D eigenvalue weighted by atomic mass is 9.47. The fraction of sp³-hybridized carbons (Fsp3) is 0.129. The van der Waals surface area contributed by atoms with Crippen LogP contribution in [0.5, 0.6) is 0 Å². The van der Waals surface area contributed by atoms with E-state index in [1.807, 2.05) is 48.7 Å². The van der Waals surface area contributed by atoms with Crippen LogP contribution in [0.25, 0.3) is 0 Å². The second-order valence-corrected chi connectivity index (χ2v) is 10.5. The monoisotopic (exact) mass is 522 g/mol. The molecule has 0 aromatic heterocycles. The highest BCUT2D eigenvalue weighted by atomic mass is 35.5. The lowest BCUT2D eigenvalue weighted by Crippen LogP contribution is -2.54. The molecule has 4 aromatic carbocycles. The van der Waals surface area contributed by atoms with E-state index < -0.39 is 17.3 Å². The molecule has 6 heteroatoms. The zero-order valence-electron chi connectivity index (χ0n) is 19.5. The third kappa shape index (κ3) is 2.94. The first kappa shape index (κ1) is 22.5. The number of benzene rings is 4. The molecule has 0 spiro atoms. The molecule has 8 rings (SSSR count). The van der Waals surface area contributed by atoms with Gasteiger partial charge in [-0.05, 0) is 46.5 Å². The molecule has 2 amide bonds. The Kier molecular flexibility index (Phi) is 4.94. The standard InChI is InChI=1S/C31H20Cl2N2O2/c32-22-13-5-7-15-24(22)34-17-31-20-11-3-1-9-18(20)26(19-10-2-4-12-21(19)31)27-28(31)30(37)35(29(27)36)25-16-8-6-14-23(25)33/h1-17,26-28H/t26?,27-,28-,31?/m0/s1. The zero-order valence-corrected chi connectivity index (χ0v) is 21.0. The van der Waals surface area contributed by atoms with Crippen LogP contribution in [-0.2, 0) is 15.0 Å². The van der Waals surface area contributed by atoms with E-state index in [-0.39, 0.29) is 17.7 Å². The number of para-hydroxylation sites is 2. The van der Waals surface area contributed by atoms with Gasteiger partial charge in [0.15, 0.2) is 0 Å². The molecule has 4 nitrogen and oxygen atoms in total. The van der Waals surface area contributed by atoms with Crippen LogP contribution in [0, 0.1) is 11.8 Å². The molecule has 0 radical (unpaired) electrons. The summed E-state index contributed by atoms with van der Waals surface area (Å²) in [6.07, 6.45) is 1.85. The highest BCUT2D eigenvalue weighted by molar-refractivity contribution is 6.36. The third-order valence-corrected chi connectivity index (χ3v) is 8.68. The largest absolute Gasteiger partial charge is 0.274 e. The Hall–Kier alpha value is -3.73. The minimum Gasteiger partial charge on any atom is -0.274 e. The number of anilines is 1. The smallest absolute Gasteiger partial charge is 0.239 e. The fourth-order valence-corrected chi connectivity index (χ4v) is 7.05. The number of hydrogen-bond donors (Lipinski definition) is 0. The van der Waals surface area contributed by atoms with E-state index in [9.17, 15) is 9.59 Å². The first-order chi connectivity index (χ1) is 18.0. The van der Waals surface area contributed by atoms with Gasteiger partial charge < -0.3 is 0 Å². The molecular formula is C31H20Cl2N2O2. The van der Waals surface area contributed by atoms with E-state index in [0.717, 1.165) is 22.3 Å². The van der Waals surface area contributed by atoms with Crippen LogP contribution in [0.1, 0.15) is 28.2 Å². The third-order valence-electron chi connectivity index (χ3n) is 8.04. The van der Waals surface area contributed by atoms with Crippen molar-refractivity contribution in [3.05, 3.63) is 129 Å². The number of hydrogen-bond acceptors (Lipinski definition) is 3. The van der Waals surface area contributed by atoms with Gasteiger partial charge in [0.25, 0.3) is 0 Å². The summed E-state index contributed by atoms with van der Waals surface area (Å²) >= 11 is 13.0. The summed E-state index contributed by atoms with van der Waals surface area (Å²) in [5, 5.41) is 0.883. The normalized spacial score (nSPS) is 25.4. The molecule has 4 aliphatic rings. The average Bonchev–Trinajstić information content (AvgIpc) is 3.19. The summed E-state index contributed by atoms with van der Waals surface area (Å²) < 4.78 is 0. The summed E-state index contributed by atoms with van der Waals surface area (Å²) in [5.74, 6) is -1.98. The van der Waals surface area contributed by atoms with Gasteiger partial charge in [0.1, 0.15) is 0 Å². The Morgan fingerprint density at radius 1 is 0.703 bits per heavy atom. The minimum atomic E-state index is -0.950. The number of nitrogens with zero attached hydrogens (tertiary/aromatic N) is 2. The number of carbonyl (C=O) groups is 2. The Balaban J connectivity index is 1.53. The summed E-state index contributed by atoms with van der Waals surface area (Å²) in [5.41, 5.74) is 4.17. The van der Waals surface area contributed by atoms with Gasteiger partial charge in [-0.3, -0.25) is 14.6 Å². The fourth-order valence-electron chi connectivity index (χ4n) is 6.65. The molecule has 1 heterocycles. The molecule has 2 atom stereocenters. The Morgan fingerprint density at radius 2 is 1.27 bits per heavy atom. The summed E-state index contributed by atoms with van der Waals surface area (Å²) in [6.45, 7) is 0. The van der Waals surface area contributed by atoms with Crippen molar-refractivity contribution in [2.24, 2.45) is 16.8 Å². The van der Waals surface area contributed by atoms with Crippen LogP contribution in [0.4, 0.5) is 11.4 Å². The van der Waals surface area contributed by atoms with Gasteiger partial charge in [-0.25, -0.2) is 4.90 Å². The number of aliphatic imine (C=N–C) groups is 1. The second kappa shape index (κ2) is 8.14. The number of carbonyl (C=O) groups excluding carboxylic acids is 2. The predicted octanol–water partition coefficient (Wildman–Crippen LogP) is 6.95. The van der Waals surface area contributed by atoms with Gasteiger partial charge in [-0.15, -0.1) is 0 Å². The van der Waals surface area contributed by atoms with E-state index in [4.69, 9.17) is 28.2 Å².